The highest BCUT2D eigenvalue weighted by atomic mass is 16.5. The Bertz CT molecular complexity index is 1010. The Morgan fingerprint density at radius 3 is 2.97 bits per heavy atom. The molecule has 0 bridgehead atoms. The third-order valence-electron chi connectivity index (χ3n) is 5.71. The number of aryl methyl sites for hydroxylation is 2. The maximum Gasteiger partial charge on any atom is 0.191 e. The molecule has 0 spiro atoms. The Kier molecular flexibility index (Phi) is 7.61. The van der Waals surface area contributed by atoms with Gasteiger partial charge in [-0.2, -0.15) is 0 Å². The van der Waals surface area contributed by atoms with Gasteiger partial charge in [-0.25, -0.2) is 4.98 Å². The predicted molar refractivity (Wildman–Crippen MR) is 128 cm³/mol. The first-order valence-corrected chi connectivity index (χ1v) is 11.4. The molecule has 32 heavy (non-hydrogen) atoms. The Balaban J connectivity index is 1.24. The number of nitrogens with one attached hydrogen (secondary N) is 3. The first-order chi connectivity index (χ1) is 15.7. The molecule has 1 aliphatic rings. The highest BCUT2D eigenvalue weighted by Crippen LogP contribution is 2.22. The maximum atomic E-state index is 6.15. The monoisotopic (exact) mass is 435 g/mol. The van der Waals surface area contributed by atoms with E-state index in [1.807, 2.05) is 18.2 Å². The molecule has 7 nitrogen and oxygen atoms in total. The molecule has 1 saturated heterocycles. The molecule has 1 fully saturated rings. The molecular weight excluding hydrogens is 402 g/mol. The van der Waals surface area contributed by atoms with E-state index in [0.717, 1.165) is 73.2 Å². The molecule has 1 atom stereocenters. The van der Waals surface area contributed by atoms with Gasteiger partial charge in [0.15, 0.2) is 5.96 Å². The van der Waals surface area contributed by atoms with Crippen molar-refractivity contribution in [3.05, 3.63) is 59.4 Å². The zero-order chi connectivity index (χ0) is 22.2. The number of benzene rings is 2. The molecule has 1 unspecified atom stereocenters. The number of nitrogens with zero attached hydrogens (tertiary/aromatic N) is 2. The summed E-state index contributed by atoms with van der Waals surface area (Å²) < 4.78 is 11.6. The van der Waals surface area contributed by atoms with Crippen LogP contribution in [0.2, 0.25) is 0 Å². The Morgan fingerprint density at radius 2 is 2.16 bits per heavy atom. The van der Waals surface area contributed by atoms with E-state index in [2.05, 4.69) is 56.8 Å². The summed E-state index contributed by atoms with van der Waals surface area (Å²) in [4.78, 5) is 12.4. The molecule has 3 aromatic rings. The van der Waals surface area contributed by atoms with Crippen LogP contribution in [0.15, 0.2) is 47.5 Å². The smallest absolute Gasteiger partial charge is 0.191 e. The van der Waals surface area contributed by atoms with Crippen LogP contribution in [0.4, 0.5) is 0 Å². The van der Waals surface area contributed by atoms with Crippen molar-refractivity contribution in [2.45, 2.75) is 32.7 Å². The average molecular weight is 436 g/mol. The lowest BCUT2D eigenvalue weighted by molar-refractivity contribution is 0.166. The minimum atomic E-state index is 0.484. The fourth-order valence-corrected chi connectivity index (χ4v) is 3.85. The van der Waals surface area contributed by atoms with Crippen LogP contribution in [0.1, 0.15) is 29.8 Å². The number of rotatable bonds is 9. The van der Waals surface area contributed by atoms with Crippen molar-refractivity contribution < 1.29 is 9.47 Å². The van der Waals surface area contributed by atoms with Crippen molar-refractivity contribution in [3.63, 3.8) is 0 Å². The number of para-hydroxylation sites is 2. The van der Waals surface area contributed by atoms with Crippen LogP contribution in [0, 0.1) is 12.8 Å². The lowest BCUT2D eigenvalue weighted by Crippen LogP contribution is -2.37. The predicted octanol–water partition coefficient (Wildman–Crippen LogP) is 3.58. The molecule has 1 aliphatic heterocycles. The fraction of sp³-hybridized carbons (Fsp3) is 0.440. The number of imidazole rings is 1. The van der Waals surface area contributed by atoms with E-state index in [1.165, 1.54) is 5.56 Å². The van der Waals surface area contributed by atoms with E-state index >= 15 is 0 Å². The highest BCUT2D eigenvalue weighted by Gasteiger charge is 2.17. The molecule has 2 heterocycles. The number of hydrogen-bond acceptors (Lipinski definition) is 4. The van der Waals surface area contributed by atoms with Crippen LogP contribution in [-0.2, 0) is 17.7 Å². The number of aromatic nitrogens is 2. The number of H-pyrrole nitrogens is 1. The summed E-state index contributed by atoms with van der Waals surface area (Å²) in [5, 5.41) is 6.80. The second-order valence-corrected chi connectivity index (χ2v) is 8.31. The summed E-state index contributed by atoms with van der Waals surface area (Å²) in [6.45, 7) is 5.89. The zero-order valence-corrected chi connectivity index (χ0v) is 19.0. The maximum absolute atomic E-state index is 6.15. The van der Waals surface area contributed by atoms with Gasteiger partial charge in [0.05, 0.1) is 24.2 Å². The largest absolute Gasteiger partial charge is 0.493 e. The summed E-state index contributed by atoms with van der Waals surface area (Å²) in [6, 6.07) is 14.5. The van der Waals surface area contributed by atoms with Gasteiger partial charge in [-0.1, -0.05) is 24.3 Å². The van der Waals surface area contributed by atoms with Crippen molar-refractivity contribution in [3.8, 4) is 5.75 Å². The standard InChI is InChI=1S/C25H33N5O2/c1-18-9-10-20(23(14-18)32-17-19-11-13-31-16-19)15-28-25(26-2)27-12-5-8-24-29-21-6-3-4-7-22(21)30-24/h3-4,6-7,9-10,14,19H,5,8,11-13,15-17H2,1-2H3,(H,29,30)(H2,26,27,28). The first kappa shape index (κ1) is 22.1. The third kappa shape index (κ3) is 6.01. The van der Waals surface area contributed by atoms with Gasteiger partial charge >= 0.3 is 0 Å². The number of hydrogen-bond donors (Lipinski definition) is 3. The second-order valence-electron chi connectivity index (χ2n) is 8.31. The van der Waals surface area contributed by atoms with E-state index in [9.17, 15) is 0 Å². The van der Waals surface area contributed by atoms with Crippen LogP contribution in [0.3, 0.4) is 0 Å². The van der Waals surface area contributed by atoms with Gasteiger partial charge < -0.3 is 25.1 Å². The van der Waals surface area contributed by atoms with Crippen molar-refractivity contribution in [1.29, 1.82) is 0 Å². The van der Waals surface area contributed by atoms with E-state index in [-0.39, 0.29) is 0 Å². The van der Waals surface area contributed by atoms with Crippen molar-refractivity contribution >= 4 is 17.0 Å². The molecule has 0 amide bonds. The van der Waals surface area contributed by atoms with Crippen LogP contribution in [-0.4, -0.2) is 49.3 Å². The third-order valence-corrected chi connectivity index (χ3v) is 5.71. The van der Waals surface area contributed by atoms with E-state index in [4.69, 9.17) is 9.47 Å². The molecule has 1 aromatic heterocycles. The van der Waals surface area contributed by atoms with Gasteiger partial charge in [-0.15, -0.1) is 0 Å². The number of fused-ring (bicyclic) bond motifs is 1. The fourth-order valence-electron chi connectivity index (χ4n) is 3.85. The van der Waals surface area contributed by atoms with E-state index in [0.29, 0.717) is 19.1 Å². The average Bonchev–Trinajstić information content (AvgIpc) is 3.47. The summed E-state index contributed by atoms with van der Waals surface area (Å²) in [6.07, 6.45) is 2.92. The lowest BCUT2D eigenvalue weighted by Gasteiger charge is -2.17. The topological polar surface area (TPSA) is 83.6 Å². The molecule has 7 heteroatoms. The Morgan fingerprint density at radius 1 is 1.25 bits per heavy atom. The van der Waals surface area contributed by atoms with Crippen molar-refractivity contribution in [1.82, 2.24) is 20.6 Å². The summed E-state index contributed by atoms with van der Waals surface area (Å²) in [5.41, 5.74) is 4.42. The number of guanidine groups is 1. The summed E-state index contributed by atoms with van der Waals surface area (Å²) in [7, 11) is 1.79. The second kappa shape index (κ2) is 11.0. The van der Waals surface area contributed by atoms with Crippen LogP contribution >= 0.6 is 0 Å². The molecule has 0 aliphatic carbocycles. The Labute approximate surface area is 189 Å². The molecule has 4 rings (SSSR count). The van der Waals surface area contributed by atoms with Crippen molar-refractivity contribution in [2.75, 3.05) is 33.4 Å². The minimum absolute atomic E-state index is 0.484. The van der Waals surface area contributed by atoms with Crippen LogP contribution < -0.4 is 15.4 Å². The first-order valence-electron chi connectivity index (χ1n) is 11.4. The zero-order valence-electron chi connectivity index (χ0n) is 19.0. The normalized spacial score (nSPS) is 16.4. The van der Waals surface area contributed by atoms with Gasteiger partial charge in [-0.05, 0) is 43.5 Å². The quantitative estimate of drug-likeness (QED) is 0.272. The van der Waals surface area contributed by atoms with Crippen molar-refractivity contribution in [2.24, 2.45) is 10.9 Å². The molecule has 3 N–H and O–H groups in total. The number of aliphatic imine (C=N–C) groups is 1. The van der Waals surface area contributed by atoms with Crippen LogP contribution in [0.5, 0.6) is 5.75 Å². The summed E-state index contributed by atoms with van der Waals surface area (Å²) >= 11 is 0. The van der Waals surface area contributed by atoms with E-state index in [1.54, 1.807) is 7.05 Å². The van der Waals surface area contributed by atoms with Gasteiger partial charge in [0, 0.05) is 44.6 Å². The van der Waals surface area contributed by atoms with Gasteiger partial charge in [0.1, 0.15) is 11.6 Å². The Hall–Kier alpha value is -3.06. The van der Waals surface area contributed by atoms with E-state index < -0.39 is 0 Å². The molecule has 2 aromatic carbocycles. The lowest BCUT2D eigenvalue weighted by atomic mass is 10.1. The number of aromatic amines is 1. The van der Waals surface area contributed by atoms with Gasteiger partial charge in [-0.3, -0.25) is 4.99 Å². The number of ether oxygens (including phenoxy) is 2. The summed E-state index contributed by atoms with van der Waals surface area (Å²) in [5.74, 6) is 3.22. The molecule has 170 valence electrons. The van der Waals surface area contributed by atoms with Crippen LogP contribution in [0.25, 0.3) is 11.0 Å². The van der Waals surface area contributed by atoms with Gasteiger partial charge in [0.25, 0.3) is 0 Å². The molecule has 0 radical (unpaired) electrons. The minimum Gasteiger partial charge on any atom is -0.493 e. The molecule has 0 saturated carbocycles. The SMILES string of the molecule is CN=C(NCCCc1nc2ccccc2[nH]1)NCc1ccc(C)cc1OCC1CCOC1. The highest BCUT2D eigenvalue weighted by molar-refractivity contribution is 5.79. The molecular formula is C25H33N5O2. The van der Waals surface area contributed by atoms with Gasteiger partial charge in [0.2, 0.25) is 0 Å².